The fourth-order valence-electron chi connectivity index (χ4n) is 1.53. The Labute approximate surface area is 104 Å². The quantitative estimate of drug-likeness (QED) is 0.753. The molecule has 5 nitrogen and oxygen atoms in total. The Balaban J connectivity index is 2.60. The van der Waals surface area contributed by atoms with Crippen LogP contribution in [0.2, 0.25) is 0 Å². The molecule has 0 bridgehead atoms. The number of carboxylic acid groups (broad SMARTS) is 1. The smallest absolute Gasteiger partial charge is 0.308 e. The number of carbonyl (C=O) groups excluding carboxylic acids is 1. The number of amides is 1. The minimum absolute atomic E-state index is 0.0175. The van der Waals surface area contributed by atoms with Crippen molar-refractivity contribution in [3.8, 4) is 0 Å². The minimum Gasteiger partial charge on any atom is -0.481 e. The molecular formula is C12H15FN2O3. The molecule has 1 amide bonds. The standard InChI is InChI=1S/C12H15FN2O3/c1-2-4-8(12(17)18)7-15-11(16)9-5-3-6-14-10(9)13/h3,5-6,8H,2,4,7H2,1H3,(H,15,16)(H,17,18). The van der Waals surface area contributed by atoms with Crippen molar-refractivity contribution in [3.63, 3.8) is 0 Å². The monoisotopic (exact) mass is 254 g/mol. The van der Waals surface area contributed by atoms with Crippen molar-refractivity contribution in [2.45, 2.75) is 19.8 Å². The summed E-state index contributed by atoms with van der Waals surface area (Å²) >= 11 is 0. The molecule has 6 heteroatoms. The summed E-state index contributed by atoms with van der Waals surface area (Å²) in [5.41, 5.74) is -0.182. The number of nitrogens with zero attached hydrogens (tertiary/aromatic N) is 1. The largest absolute Gasteiger partial charge is 0.481 e. The molecule has 18 heavy (non-hydrogen) atoms. The molecule has 1 unspecified atom stereocenters. The molecule has 0 spiro atoms. The maximum Gasteiger partial charge on any atom is 0.308 e. The van der Waals surface area contributed by atoms with Gasteiger partial charge in [-0.1, -0.05) is 13.3 Å². The van der Waals surface area contributed by atoms with Crippen LogP contribution in [0.4, 0.5) is 4.39 Å². The van der Waals surface area contributed by atoms with Gasteiger partial charge in [0.2, 0.25) is 5.95 Å². The van der Waals surface area contributed by atoms with Crippen LogP contribution in [-0.2, 0) is 4.79 Å². The summed E-state index contributed by atoms with van der Waals surface area (Å²) in [5.74, 6) is -3.14. The van der Waals surface area contributed by atoms with Crippen LogP contribution in [0.1, 0.15) is 30.1 Å². The Bertz CT molecular complexity index is 437. The number of aromatic nitrogens is 1. The summed E-state index contributed by atoms with van der Waals surface area (Å²) in [7, 11) is 0. The molecule has 1 heterocycles. The maximum atomic E-state index is 13.2. The van der Waals surface area contributed by atoms with Crippen molar-refractivity contribution in [2.24, 2.45) is 5.92 Å². The van der Waals surface area contributed by atoms with Crippen LogP contribution in [0.3, 0.4) is 0 Å². The van der Waals surface area contributed by atoms with Crippen molar-refractivity contribution in [2.75, 3.05) is 6.54 Å². The zero-order valence-electron chi connectivity index (χ0n) is 10.0. The van der Waals surface area contributed by atoms with Crippen LogP contribution in [0.15, 0.2) is 18.3 Å². The first-order valence-corrected chi connectivity index (χ1v) is 5.67. The SMILES string of the molecule is CCCC(CNC(=O)c1cccnc1F)C(=O)O. The van der Waals surface area contributed by atoms with Crippen molar-refractivity contribution in [1.82, 2.24) is 10.3 Å². The van der Waals surface area contributed by atoms with Gasteiger partial charge < -0.3 is 10.4 Å². The summed E-state index contributed by atoms with van der Waals surface area (Å²) in [5, 5.41) is 11.3. The van der Waals surface area contributed by atoms with E-state index in [4.69, 9.17) is 5.11 Å². The van der Waals surface area contributed by atoms with E-state index >= 15 is 0 Å². The Morgan fingerprint density at radius 1 is 1.56 bits per heavy atom. The number of rotatable bonds is 6. The number of nitrogens with one attached hydrogen (secondary N) is 1. The van der Waals surface area contributed by atoms with Crippen molar-refractivity contribution >= 4 is 11.9 Å². The predicted octanol–water partition coefficient (Wildman–Crippen LogP) is 1.45. The molecule has 0 saturated heterocycles. The van der Waals surface area contributed by atoms with Crippen LogP contribution in [-0.4, -0.2) is 28.5 Å². The second kappa shape index (κ2) is 6.68. The minimum atomic E-state index is -0.969. The molecule has 1 rings (SSSR count). The normalized spacial score (nSPS) is 11.9. The molecule has 1 aromatic heterocycles. The van der Waals surface area contributed by atoms with Gasteiger partial charge in [0.15, 0.2) is 0 Å². The molecule has 0 aliphatic carbocycles. The summed E-state index contributed by atoms with van der Waals surface area (Å²) < 4.78 is 13.2. The Morgan fingerprint density at radius 3 is 2.83 bits per heavy atom. The van der Waals surface area contributed by atoms with Gasteiger partial charge in [0, 0.05) is 12.7 Å². The lowest BCUT2D eigenvalue weighted by atomic mass is 10.0. The van der Waals surface area contributed by atoms with Crippen molar-refractivity contribution in [3.05, 3.63) is 29.8 Å². The van der Waals surface area contributed by atoms with E-state index in [1.165, 1.54) is 18.3 Å². The fourth-order valence-corrected chi connectivity index (χ4v) is 1.53. The van der Waals surface area contributed by atoms with Gasteiger partial charge in [-0.05, 0) is 18.6 Å². The van der Waals surface area contributed by atoms with Gasteiger partial charge in [0.1, 0.15) is 0 Å². The molecular weight excluding hydrogens is 239 g/mol. The maximum absolute atomic E-state index is 13.2. The topological polar surface area (TPSA) is 79.3 Å². The third-order valence-corrected chi connectivity index (χ3v) is 2.50. The number of hydrogen-bond donors (Lipinski definition) is 2. The molecule has 0 saturated carbocycles. The fraction of sp³-hybridized carbons (Fsp3) is 0.417. The summed E-state index contributed by atoms with van der Waals surface area (Å²) in [6, 6.07) is 2.74. The van der Waals surface area contributed by atoms with Crippen molar-refractivity contribution < 1.29 is 19.1 Å². The molecule has 0 aliphatic rings. The van der Waals surface area contributed by atoms with Gasteiger partial charge in [-0.2, -0.15) is 4.39 Å². The van der Waals surface area contributed by atoms with E-state index in [-0.39, 0.29) is 12.1 Å². The molecule has 98 valence electrons. The second-order valence-electron chi connectivity index (χ2n) is 3.88. The number of carbonyl (C=O) groups is 2. The average Bonchev–Trinajstić information content (AvgIpc) is 2.34. The van der Waals surface area contributed by atoms with Crippen LogP contribution in [0, 0.1) is 11.9 Å². The van der Waals surface area contributed by atoms with E-state index in [0.29, 0.717) is 12.8 Å². The highest BCUT2D eigenvalue weighted by Crippen LogP contribution is 2.07. The molecule has 0 radical (unpaired) electrons. The summed E-state index contributed by atoms with van der Waals surface area (Å²) in [6.45, 7) is 1.84. The van der Waals surface area contributed by atoms with E-state index in [1.807, 2.05) is 6.92 Å². The van der Waals surface area contributed by atoms with Crippen LogP contribution < -0.4 is 5.32 Å². The van der Waals surface area contributed by atoms with Gasteiger partial charge in [0.25, 0.3) is 5.91 Å². The lowest BCUT2D eigenvalue weighted by molar-refractivity contribution is -0.141. The molecule has 0 aromatic carbocycles. The number of carboxylic acids is 1. The zero-order valence-corrected chi connectivity index (χ0v) is 10.0. The van der Waals surface area contributed by atoms with Gasteiger partial charge in [-0.25, -0.2) is 4.98 Å². The van der Waals surface area contributed by atoms with E-state index in [2.05, 4.69) is 10.3 Å². The molecule has 0 fully saturated rings. The van der Waals surface area contributed by atoms with E-state index in [1.54, 1.807) is 0 Å². The Hall–Kier alpha value is -1.98. The van der Waals surface area contributed by atoms with Gasteiger partial charge in [-0.15, -0.1) is 0 Å². The zero-order chi connectivity index (χ0) is 13.5. The van der Waals surface area contributed by atoms with Crippen LogP contribution in [0.25, 0.3) is 0 Å². The number of pyridine rings is 1. The number of halogens is 1. The molecule has 0 aliphatic heterocycles. The van der Waals surface area contributed by atoms with E-state index in [9.17, 15) is 14.0 Å². The van der Waals surface area contributed by atoms with Crippen LogP contribution >= 0.6 is 0 Å². The molecule has 1 aromatic rings. The average molecular weight is 254 g/mol. The van der Waals surface area contributed by atoms with Gasteiger partial charge in [-0.3, -0.25) is 9.59 Å². The highest BCUT2D eigenvalue weighted by Gasteiger charge is 2.19. The first-order chi connectivity index (χ1) is 8.56. The summed E-state index contributed by atoms with van der Waals surface area (Å²) in [4.78, 5) is 25.8. The van der Waals surface area contributed by atoms with Crippen molar-refractivity contribution in [1.29, 1.82) is 0 Å². The first kappa shape index (κ1) is 14.1. The lowest BCUT2D eigenvalue weighted by Crippen LogP contribution is -2.33. The molecule has 2 N–H and O–H groups in total. The Kier molecular flexibility index (Phi) is 5.23. The van der Waals surface area contributed by atoms with Gasteiger partial charge in [0.05, 0.1) is 11.5 Å². The highest BCUT2D eigenvalue weighted by molar-refractivity contribution is 5.94. The molecule has 1 atom stereocenters. The number of hydrogen-bond acceptors (Lipinski definition) is 3. The van der Waals surface area contributed by atoms with Gasteiger partial charge >= 0.3 is 5.97 Å². The highest BCUT2D eigenvalue weighted by atomic mass is 19.1. The van der Waals surface area contributed by atoms with Crippen LogP contribution in [0.5, 0.6) is 0 Å². The van der Waals surface area contributed by atoms with E-state index in [0.717, 1.165) is 0 Å². The second-order valence-corrected chi connectivity index (χ2v) is 3.88. The van der Waals surface area contributed by atoms with E-state index < -0.39 is 23.7 Å². The lowest BCUT2D eigenvalue weighted by Gasteiger charge is -2.12. The summed E-state index contributed by atoms with van der Waals surface area (Å²) in [6.07, 6.45) is 2.41. The Morgan fingerprint density at radius 2 is 2.28 bits per heavy atom. The third kappa shape index (κ3) is 3.80. The number of aliphatic carboxylic acids is 1. The predicted molar refractivity (Wildman–Crippen MR) is 62.6 cm³/mol. The third-order valence-electron chi connectivity index (χ3n) is 2.50. The first-order valence-electron chi connectivity index (χ1n) is 5.67.